The van der Waals surface area contributed by atoms with Crippen molar-refractivity contribution in [3.05, 3.63) is 82.7 Å². The Morgan fingerprint density at radius 2 is 1.65 bits per heavy atom. The first-order chi connectivity index (χ1) is 15.1. The molecule has 0 aliphatic carbocycles. The Balaban J connectivity index is 1.91. The van der Waals surface area contributed by atoms with Crippen molar-refractivity contribution < 1.29 is 13.9 Å². The van der Waals surface area contributed by atoms with Gasteiger partial charge < -0.3 is 9.30 Å². The van der Waals surface area contributed by atoms with Gasteiger partial charge in [0.15, 0.2) is 6.61 Å². The predicted molar refractivity (Wildman–Crippen MR) is 121 cm³/mol. The highest BCUT2D eigenvalue weighted by atomic mass is 19.1. The number of ketones is 1. The summed E-state index contributed by atoms with van der Waals surface area (Å²) in [5.74, 6) is 1.15. The standard InChI is InChI=1S/C26H31FN2O2/c1-4-11-19-13-8-10-16-24(19)31-18-23(30)26-22(6-3)28-25(12-5-2)29(26)17-20-14-7-9-15-21(20)27/h7-10,13-16H,4-6,11-12,17-18H2,1-3H3. The van der Waals surface area contributed by atoms with E-state index in [9.17, 15) is 9.18 Å². The number of hydrogen-bond donors (Lipinski definition) is 0. The molecule has 164 valence electrons. The van der Waals surface area contributed by atoms with Crippen LogP contribution in [0.15, 0.2) is 48.5 Å². The van der Waals surface area contributed by atoms with E-state index in [1.807, 2.05) is 41.8 Å². The lowest BCUT2D eigenvalue weighted by Gasteiger charge is -2.14. The molecule has 0 aliphatic rings. The number of hydrogen-bond acceptors (Lipinski definition) is 3. The number of ether oxygens (including phenoxy) is 1. The minimum absolute atomic E-state index is 0.0672. The van der Waals surface area contributed by atoms with Crippen LogP contribution >= 0.6 is 0 Å². The van der Waals surface area contributed by atoms with Crippen molar-refractivity contribution in [1.29, 1.82) is 0 Å². The zero-order valence-corrected chi connectivity index (χ0v) is 18.7. The summed E-state index contributed by atoms with van der Waals surface area (Å²) in [5.41, 5.74) is 2.92. The van der Waals surface area contributed by atoms with E-state index in [0.717, 1.165) is 48.5 Å². The van der Waals surface area contributed by atoms with Crippen molar-refractivity contribution in [3.8, 4) is 5.75 Å². The molecule has 5 heteroatoms. The molecule has 0 N–H and O–H groups in total. The maximum absolute atomic E-state index is 14.4. The third-order valence-corrected chi connectivity index (χ3v) is 5.33. The van der Waals surface area contributed by atoms with Crippen molar-refractivity contribution in [3.63, 3.8) is 0 Å². The Hall–Kier alpha value is -2.95. The van der Waals surface area contributed by atoms with Crippen LogP contribution in [-0.4, -0.2) is 21.9 Å². The molecule has 0 spiro atoms. The van der Waals surface area contributed by atoms with Crippen molar-refractivity contribution in [2.45, 2.75) is 59.4 Å². The Morgan fingerprint density at radius 1 is 0.968 bits per heavy atom. The van der Waals surface area contributed by atoms with Gasteiger partial charge in [0, 0.05) is 12.0 Å². The number of Topliss-reactive ketones (excluding diaryl/α,β-unsaturated/α-hetero) is 1. The van der Waals surface area contributed by atoms with E-state index in [2.05, 4.69) is 13.8 Å². The minimum Gasteiger partial charge on any atom is -0.485 e. The lowest BCUT2D eigenvalue weighted by molar-refractivity contribution is 0.0910. The molecule has 0 aliphatic heterocycles. The Labute approximate surface area is 184 Å². The maximum atomic E-state index is 14.4. The summed E-state index contributed by atoms with van der Waals surface area (Å²) in [6.45, 7) is 6.39. The molecule has 0 saturated heterocycles. The lowest BCUT2D eigenvalue weighted by Crippen LogP contribution is -2.20. The number of halogens is 1. The van der Waals surface area contributed by atoms with Crippen LogP contribution in [0.5, 0.6) is 5.75 Å². The van der Waals surface area contributed by atoms with Gasteiger partial charge in [-0.2, -0.15) is 0 Å². The fourth-order valence-corrected chi connectivity index (χ4v) is 3.83. The van der Waals surface area contributed by atoms with E-state index in [1.165, 1.54) is 6.07 Å². The topological polar surface area (TPSA) is 44.1 Å². The average molecular weight is 423 g/mol. The molecule has 2 aromatic carbocycles. The largest absolute Gasteiger partial charge is 0.485 e. The van der Waals surface area contributed by atoms with Crippen molar-refractivity contribution in [2.24, 2.45) is 0 Å². The van der Waals surface area contributed by atoms with Crippen LogP contribution in [0.3, 0.4) is 0 Å². The Bertz CT molecular complexity index is 1030. The first kappa shape index (κ1) is 22.7. The molecule has 0 unspecified atom stereocenters. The number of carbonyl (C=O) groups is 1. The van der Waals surface area contributed by atoms with E-state index < -0.39 is 0 Å². The highest BCUT2D eigenvalue weighted by Gasteiger charge is 2.23. The third-order valence-electron chi connectivity index (χ3n) is 5.33. The molecule has 0 bridgehead atoms. The monoisotopic (exact) mass is 422 g/mol. The second-order valence-electron chi connectivity index (χ2n) is 7.67. The normalized spacial score (nSPS) is 11.0. The molecule has 0 saturated carbocycles. The first-order valence-electron chi connectivity index (χ1n) is 11.1. The van der Waals surface area contributed by atoms with Gasteiger partial charge >= 0.3 is 0 Å². The van der Waals surface area contributed by atoms with Gasteiger partial charge in [-0.05, 0) is 37.0 Å². The van der Waals surface area contributed by atoms with Crippen LogP contribution in [-0.2, 0) is 25.8 Å². The van der Waals surface area contributed by atoms with Gasteiger partial charge in [-0.15, -0.1) is 0 Å². The van der Waals surface area contributed by atoms with E-state index in [4.69, 9.17) is 9.72 Å². The molecule has 3 rings (SSSR count). The zero-order chi connectivity index (χ0) is 22.2. The van der Waals surface area contributed by atoms with Crippen LogP contribution in [0.1, 0.15) is 66.7 Å². The minimum atomic E-state index is -0.278. The maximum Gasteiger partial charge on any atom is 0.218 e. The molecule has 4 nitrogen and oxygen atoms in total. The van der Waals surface area contributed by atoms with Crippen molar-refractivity contribution >= 4 is 5.78 Å². The fourth-order valence-electron chi connectivity index (χ4n) is 3.83. The number of aryl methyl sites for hydroxylation is 3. The molecule has 0 amide bonds. The van der Waals surface area contributed by atoms with Gasteiger partial charge in [0.05, 0.1) is 12.2 Å². The summed E-state index contributed by atoms with van der Waals surface area (Å²) < 4.78 is 22.2. The van der Waals surface area contributed by atoms with Gasteiger partial charge in [0.1, 0.15) is 23.1 Å². The molecule has 3 aromatic rings. The quantitative estimate of drug-likeness (QED) is 0.367. The molecule has 1 heterocycles. The number of nitrogens with zero attached hydrogens (tertiary/aromatic N) is 2. The summed E-state index contributed by atoms with van der Waals surface area (Å²) in [6, 6.07) is 14.5. The fraction of sp³-hybridized carbons (Fsp3) is 0.385. The van der Waals surface area contributed by atoms with E-state index in [-0.39, 0.29) is 24.8 Å². The summed E-state index contributed by atoms with van der Waals surface area (Å²) in [5, 5.41) is 0. The zero-order valence-electron chi connectivity index (χ0n) is 18.7. The molecule has 0 atom stereocenters. The van der Waals surface area contributed by atoms with Crippen LogP contribution in [0.4, 0.5) is 4.39 Å². The van der Waals surface area contributed by atoms with Gasteiger partial charge in [0.25, 0.3) is 0 Å². The van der Waals surface area contributed by atoms with Gasteiger partial charge in [0.2, 0.25) is 5.78 Å². The molecule has 31 heavy (non-hydrogen) atoms. The van der Waals surface area contributed by atoms with E-state index >= 15 is 0 Å². The molecular weight excluding hydrogens is 391 g/mol. The Kier molecular flexibility index (Phi) is 7.99. The summed E-state index contributed by atoms with van der Waals surface area (Å²) in [6.07, 6.45) is 4.16. The number of aromatic nitrogens is 2. The summed E-state index contributed by atoms with van der Waals surface area (Å²) in [4.78, 5) is 18.0. The van der Waals surface area contributed by atoms with Crippen molar-refractivity contribution in [2.75, 3.05) is 6.61 Å². The highest BCUT2D eigenvalue weighted by Crippen LogP contribution is 2.22. The third kappa shape index (κ3) is 5.40. The number of benzene rings is 2. The Morgan fingerprint density at radius 3 is 2.32 bits per heavy atom. The predicted octanol–water partition coefficient (Wildman–Crippen LogP) is 5.80. The van der Waals surface area contributed by atoms with Crippen LogP contribution in [0, 0.1) is 5.82 Å². The molecule has 0 fully saturated rings. The van der Waals surface area contributed by atoms with Crippen LogP contribution in [0.2, 0.25) is 0 Å². The molecule has 1 aromatic heterocycles. The molecule has 0 radical (unpaired) electrons. The van der Waals surface area contributed by atoms with Gasteiger partial charge in [-0.3, -0.25) is 4.79 Å². The highest BCUT2D eigenvalue weighted by molar-refractivity contribution is 5.97. The second-order valence-corrected chi connectivity index (χ2v) is 7.67. The average Bonchev–Trinajstić information content (AvgIpc) is 3.12. The summed E-state index contributed by atoms with van der Waals surface area (Å²) in [7, 11) is 0. The number of rotatable bonds is 11. The van der Waals surface area contributed by atoms with Crippen LogP contribution in [0.25, 0.3) is 0 Å². The smallest absolute Gasteiger partial charge is 0.218 e. The first-order valence-corrected chi connectivity index (χ1v) is 11.1. The van der Waals surface area contributed by atoms with Gasteiger partial charge in [-0.1, -0.05) is 63.6 Å². The van der Waals surface area contributed by atoms with E-state index in [0.29, 0.717) is 17.7 Å². The van der Waals surface area contributed by atoms with Crippen molar-refractivity contribution in [1.82, 2.24) is 9.55 Å². The van der Waals surface area contributed by atoms with Gasteiger partial charge in [-0.25, -0.2) is 9.37 Å². The SMILES string of the molecule is CCCc1ccccc1OCC(=O)c1c(CC)nc(CCC)n1Cc1ccccc1F. The van der Waals surface area contributed by atoms with E-state index in [1.54, 1.807) is 12.1 Å². The lowest BCUT2D eigenvalue weighted by atomic mass is 10.1. The van der Waals surface area contributed by atoms with Crippen LogP contribution < -0.4 is 4.74 Å². The molecular formula is C26H31FN2O2. The number of para-hydroxylation sites is 1. The number of imidazole rings is 1. The number of carbonyl (C=O) groups excluding carboxylic acids is 1. The second kappa shape index (κ2) is 10.9. The summed E-state index contributed by atoms with van der Waals surface area (Å²) >= 11 is 0.